The monoisotopic (exact) mass is 419 g/mol. The van der Waals surface area contributed by atoms with Crippen molar-refractivity contribution in [2.24, 2.45) is 4.99 Å². The van der Waals surface area contributed by atoms with Crippen molar-refractivity contribution < 1.29 is 19.1 Å². The van der Waals surface area contributed by atoms with Gasteiger partial charge in [-0.1, -0.05) is 0 Å². The lowest BCUT2D eigenvalue weighted by Gasteiger charge is -2.40. The number of carbonyl (C=O) groups excluding carboxylic acids is 2. The van der Waals surface area contributed by atoms with Gasteiger partial charge in [-0.15, -0.1) is 0 Å². The van der Waals surface area contributed by atoms with Gasteiger partial charge in [0.05, 0.1) is 19.7 Å². The molecular formula is C21H33N5O4. The molecule has 1 aliphatic heterocycles. The maximum absolute atomic E-state index is 12.2. The molecule has 1 heterocycles. The second-order valence-corrected chi connectivity index (χ2v) is 7.97. The average Bonchev–Trinajstić information content (AvgIpc) is 2.65. The first kappa shape index (κ1) is 23.3. The van der Waals surface area contributed by atoms with Crippen LogP contribution in [0.5, 0.6) is 5.75 Å². The van der Waals surface area contributed by atoms with Gasteiger partial charge in [-0.05, 0) is 52.0 Å². The van der Waals surface area contributed by atoms with E-state index in [0.717, 1.165) is 0 Å². The van der Waals surface area contributed by atoms with Crippen LogP contribution in [-0.2, 0) is 4.74 Å². The van der Waals surface area contributed by atoms with Crippen molar-refractivity contribution >= 4 is 18.0 Å². The fourth-order valence-corrected chi connectivity index (χ4v) is 2.74. The van der Waals surface area contributed by atoms with E-state index in [1.54, 1.807) is 36.3 Å². The summed E-state index contributed by atoms with van der Waals surface area (Å²) in [5.41, 5.74) is 0.0731. The van der Waals surface area contributed by atoms with Gasteiger partial charge in [0.15, 0.2) is 5.96 Å². The molecule has 0 radical (unpaired) electrons. The van der Waals surface area contributed by atoms with E-state index in [0.29, 0.717) is 50.0 Å². The quantitative estimate of drug-likeness (QED) is 0.352. The van der Waals surface area contributed by atoms with Gasteiger partial charge in [-0.25, -0.2) is 4.79 Å². The van der Waals surface area contributed by atoms with Crippen molar-refractivity contribution in [1.29, 1.82) is 0 Å². The number of aliphatic imine (C=N–C) groups is 1. The Balaban J connectivity index is 1.74. The summed E-state index contributed by atoms with van der Waals surface area (Å²) in [6.07, 6.45) is -0.302. The Morgan fingerprint density at radius 2 is 1.83 bits per heavy atom. The lowest BCUT2D eigenvalue weighted by molar-refractivity contribution is 0.00700. The van der Waals surface area contributed by atoms with Gasteiger partial charge in [0.1, 0.15) is 11.4 Å². The van der Waals surface area contributed by atoms with E-state index in [4.69, 9.17) is 9.47 Å². The largest absolute Gasteiger partial charge is 0.497 e. The number of guanidine groups is 1. The van der Waals surface area contributed by atoms with E-state index in [1.807, 2.05) is 27.7 Å². The number of carbonyl (C=O) groups is 2. The number of methoxy groups -OCH3 is 1. The molecule has 0 atom stereocenters. The van der Waals surface area contributed by atoms with Crippen molar-refractivity contribution in [3.05, 3.63) is 29.8 Å². The molecule has 1 saturated heterocycles. The first-order valence-electron chi connectivity index (χ1n) is 10.2. The third-order valence-corrected chi connectivity index (χ3v) is 4.24. The number of hydrogen-bond donors (Lipinski definition) is 3. The van der Waals surface area contributed by atoms with Crippen molar-refractivity contribution in [3.8, 4) is 5.75 Å². The third kappa shape index (κ3) is 7.46. The van der Waals surface area contributed by atoms with Crippen LogP contribution in [0.15, 0.2) is 29.3 Å². The van der Waals surface area contributed by atoms with Crippen LogP contribution in [0, 0.1) is 0 Å². The minimum absolute atomic E-state index is 0.115. The van der Waals surface area contributed by atoms with Crippen LogP contribution in [-0.4, -0.2) is 74.3 Å². The van der Waals surface area contributed by atoms with Crippen LogP contribution in [0.4, 0.5) is 4.79 Å². The summed E-state index contributed by atoms with van der Waals surface area (Å²) in [7, 11) is 1.59. The van der Waals surface area contributed by atoms with Crippen LogP contribution in [0.2, 0.25) is 0 Å². The van der Waals surface area contributed by atoms with E-state index in [2.05, 4.69) is 20.9 Å². The smallest absolute Gasteiger partial charge is 0.410 e. The molecule has 1 fully saturated rings. The summed E-state index contributed by atoms with van der Waals surface area (Å²) >= 11 is 0. The van der Waals surface area contributed by atoms with E-state index < -0.39 is 5.60 Å². The molecule has 1 aromatic carbocycles. The Morgan fingerprint density at radius 1 is 1.17 bits per heavy atom. The molecule has 1 aromatic rings. The fraction of sp³-hybridized carbons (Fsp3) is 0.571. The lowest BCUT2D eigenvalue weighted by Crippen LogP contribution is -2.63. The van der Waals surface area contributed by atoms with Gasteiger partial charge in [-0.3, -0.25) is 9.79 Å². The maximum atomic E-state index is 12.2. The zero-order valence-electron chi connectivity index (χ0n) is 18.4. The molecule has 2 amide bonds. The fourth-order valence-electron chi connectivity index (χ4n) is 2.74. The standard InChI is InChI=1S/C21H33N5O4/c1-6-22-19(25-16-13-26(14-16)20(28)30-21(2,3)4)24-12-11-23-18(27)15-7-9-17(29-5)10-8-15/h7-10,16H,6,11-14H2,1-5H3,(H,23,27)(H2,22,24,25). The van der Waals surface area contributed by atoms with Crippen LogP contribution >= 0.6 is 0 Å². The van der Waals surface area contributed by atoms with Crippen molar-refractivity contribution in [2.75, 3.05) is 39.8 Å². The van der Waals surface area contributed by atoms with E-state index in [1.165, 1.54) is 0 Å². The molecule has 0 spiro atoms. The van der Waals surface area contributed by atoms with Gasteiger partial charge >= 0.3 is 6.09 Å². The van der Waals surface area contributed by atoms with Gasteiger partial charge in [-0.2, -0.15) is 0 Å². The first-order valence-corrected chi connectivity index (χ1v) is 10.2. The number of hydrogen-bond acceptors (Lipinski definition) is 5. The third-order valence-electron chi connectivity index (χ3n) is 4.24. The molecule has 1 aliphatic rings. The second kappa shape index (κ2) is 10.7. The van der Waals surface area contributed by atoms with Gasteiger partial charge < -0.3 is 30.3 Å². The second-order valence-electron chi connectivity index (χ2n) is 7.97. The highest BCUT2D eigenvalue weighted by atomic mass is 16.6. The average molecular weight is 420 g/mol. The summed E-state index contributed by atoms with van der Waals surface area (Å²) in [5, 5.41) is 9.32. The predicted octanol–water partition coefficient (Wildman–Crippen LogP) is 1.60. The number of nitrogens with one attached hydrogen (secondary N) is 3. The predicted molar refractivity (Wildman–Crippen MR) is 116 cm³/mol. The van der Waals surface area contributed by atoms with Crippen LogP contribution < -0.4 is 20.7 Å². The highest BCUT2D eigenvalue weighted by Gasteiger charge is 2.34. The highest BCUT2D eigenvalue weighted by Crippen LogP contribution is 2.15. The van der Waals surface area contributed by atoms with E-state index >= 15 is 0 Å². The van der Waals surface area contributed by atoms with Gasteiger partial charge in [0, 0.05) is 31.7 Å². The Morgan fingerprint density at radius 3 is 2.40 bits per heavy atom. The van der Waals surface area contributed by atoms with Gasteiger partial charge in [0.25, 0.3) is 5.91 Å². The molecule has 30 heavy (non-hydrogen) atoms. The lowest BCUT2D eigenvalue weighted by atomic mass is 10.1. The highest BCUT2D eigenvalue weighted by molar-refractivity contribution is 5.94. The number of benzene rings is 1. The number of rotatable bonds is 7. The van der Waals surface area contributed by atoms with E-state index in [9.17, 15) is 9.59 Å². The minimum atomic E-state index is -0.498. The molecular weight excluding hydrogens is 386 g/mol. The number of likely N-dealkylation sites (tertiary alicyclic amines) is 1. The molecule has 0 bridgehead atoms. The van der Waals surface area contributed by atoms with Crippen molar-refractivity contribution in [1.82, 2.24) is 20.9 Å². The Hall–Kier alpha value is -2.97. The Bertz CT molecular complexity index is 737. The molecule has 0 saturated carbocycles. The van der Waals surface area contributed by atoms with Crippen LogP contribution in [0.3, 0.4) is 0 Å². The summed E-state index contributed by atoms with van der Waals surface area (Å²) in [4.78, 5) is 30.3. The Kier molecular flexibility index (Phi) is 8.32. The molecule has 0 aliphatic carbocycles. The molecule has 3 N–H and O–H groups in total. The number of ether oxygens (including phenoxy) is 2. The molecule has 2 rings (SSSR count). The van der Waals surface area contributed by atoms with Gasteiger partial charge in [0.2, 0.25) is 0 Å². The summed E-state index contributed by atoms with van der Waals surface area (Å²) < 4.78 is 10.5. The molecule has 0 aromatic heterocycles. The van der Waals surface area contributed by atoms with Crippen molar-refractivity contribution in [3.63, 3.8) is 0 Å². The SMILES string of the molecule is CCNC(=NCCNC(=O)c1ccc(OC)cc1)NC1CN(C(=O)OC(C)(C)C)C1. The first-order chi connectivity index (χ1) is 14.2. The minimum Gasteiger partial charge on any atom is -0.497 e. The summed E-state index contributed by atoms with van der Waals surface area (Å²) in [6.45, 7) is 10.2. The van der Waals surface area contributed by atoms with E-state index in [-0.39, 0.29) is 18.0 Å². The van der Waals surface area contributed by atoms with Crippen molar-refractivity contribution in [2.45, 2.75) is 39.3 Å². The molecule has 9 heteroatoms. The van der Waals surface area contributed by atoms with Crippen LogP contribution in [0.25, 0.3) is 0 Å². The Labute approximate surface area is 178 Å². The normalized spacial score (nSPS) is 14.6. The number of nitrogens with zero attached hydrogens (tertiary/aromatic N) is 2. The molecule has 166 valence electrons. The summed E-state index contributed by atoms with van der Waals surface area (Å²) in [6, 6.07) is 7.05. The molecule has 0 unspecified atom stereocenters. The number of amides is 2. The maximum Gasteiger partial charge on any atom is 0.410 e. The van der Waals surface area contributed by atoms with Crippen LogP contribution in [0.1, 0.15) is 38.1 Å². The zero-order chi connectivity index (χ0) is 22.1. The summed E-state index contributed by atoms with van der Waals surface area (Å²) in [5.74, 6) is 1.21. The zero-order valence-corrected chi connectivity index (χ0v) is 18.4. The molecule has 9 nitrogen and oxygen atoms in total. The topological polar surface area (TPSA) is 104 Å².